The van der Waals surface area contributed by atoms with Crippen LogP contribution in [0.5, 0.6) is 0 Å². The molecule has 0 aliphatic carbocycles. The molecule has 8 heteroatoms. The summed E-state index contributed by atoms with van der Waals surface area (Å²) >= 11 is 1.49. The Balaban J connectivity index is 1.55. The summed E-state index contributed by atoms with van der Waals surface area (Å²) in [5.41, 5.74) is 0.878. The molecule has 0 spiro atoms. The van der Waals surface area contributed by atoms with Gasteiger partial charge in [0.1, 0.15) is 6.04 Å². The molecule has 0 aliphatic rings. The summed E-state index contributed by atoms with van der Waals surface area (Å²) in [5.74, 6) is -0.240. The Labute approximate surface area is 166 Å². The van der Waals surface area contributed by atoms with E-state index in [4.69, 9.17) is 9.26 Å². The van der Waals surface area contributed by atoms with Gasteiger partial charge < -0.3 is 14.6 Å². The highest BCUT2D eigenvalue weighted by Crippen LogP contribution is 2.21. The van der Waals surface area contributed by atoms with Gasteiger partial charge in [-0.15, -0.1) is 11.3 Å². The minimum atomic E-state index is -0.754. The average molecular weight is 399 g/mol. The number of carbonyl (C=O) groups is 2. The van der Waals surface area contributed by atoms with Crippen LogP contribution in [0.1, 0.15) is 25.3 Å². The van der Waals surface area contributed by atoms with Gasteiger partial charge in [-0.1, -0.05) is 55.4 Å². The number of nitrogens with zero attached hydrogens (tertiary/aromatic N) is 2. The quantitative estimate of drug-likeness (QED) is 0.585. The van der Waals surface area contributed by atoms with Crippen molar-refractivity contribution in [3.63, 3.8) is 0 Å². The summed E-state index contributed by atoms with van der Waals surface area (Å²) in [6, 6.07) is 12.4. The van der Waals surface area contributed by atoms with E-state index in [2.05, 4.69) is 15.5 Å². The van der Waals surface area contributed by atoms with Crippen molar-refractivity contribution in [1.29, 1.82) is 0 Å². The lowest BCUT2D eigenvalue weighted by Gasteiger charge is -2.20. The third kappa shape index (κ3) is 5.26. The Kier molecular flexibility index (Phi) is 6.54. The van der Waals surface area contributed by atoms with Gasteiger partial charge in [0, 0.05) is 0 Å². The molecule has 3 aromatic rings. The molecule has 2 heterocycles. The third-order valence-electron chi connectivity index (χ3n) is 3.99. The molecule has 1 aromatic carbocycles. The Bertz CT molecular complexity index is 907. The first-order chi connectivity index (χ1) is 13.5. The number of rotatable bonds is 8. The van der Waals surface area contributed by atoms with Crippen LogP contribution in [0.15, 0.2) is 52.4 Å². The molecule has 0 aliphatic heterocycles. The number of nitrogens with one attached hydrogen (secondary N) is 1. The summed E-state index contributed by atoms with van der Waals surface area (Å²) in [4.78, 5) is 29.8. The van der Waals surface area contributed by atoms with Crippen LogP contribution in [0.3, 0.4) is 0 Å². The fourth-order valence-corrected chi connectivity index (χ4v) is 3.19. The van der Waals surface area contributed by atoms with Crippen LogP contribution >= 0.6 is 11.3 Å². The first-order valence-corrected chi connectivity index (χ1v) is 9.77. The zero-order chi connectivity index (χ0) is 19.9. The third-order valence-corrected chi connectivity index (χ3v) is 4.86. The number of carbonyl (C=O) groups excluding carboxylic acids is 2. The van der Waals surface area contributed by atoms with Crippen LogP contribution < -0.4 is 5.32 Å². The maximum atomic E-state index is 12.5. The lowest BCUT2D eigenvalue weighted by atomic mass is 10.0. The highest BCUT2D eigenvalue weighted by Gasteiger charge is 2.26. The standard InChI is InChI=1S/C20H21N3O4S/c1-13(2)18(21-16(24)11-14-7-4-3-5-8-14)20(25)26-12-17-22-19(23-27-17)15-9-6-10-28-15/h3-10,13,18H,11-12H2,1-2H3,(H,21,24)/t18-/m1/s1. The highest BCUT2D eigenvalue weighted by atomic mass is 32.1. The number of hydrogen-bond acceptors (Lipinski definition) is 7. The van der Waals surface area contributed by atoms with Gasteiger partial charge in [-0.25, -0.2) is 4.79 Å². The molecule has 28 heavy (non-hydrogen) atoms. The Morgan fingerprint density at radius 3 is 2.64 bits per heavy atom. The van der Waals surface area contributed by atoms with Gasteiger partial charge in [0.15, 0.2) is 6.61 Å². The van der Waals surface area contributed by atoms with E-state index < -0.39 is 12.0 Å². The highest BCUT2D eigenvalue weighted by molar-refractivity contribution is 7.13. The lowest BCUT2D eigenvalue weighted by Crippen LogP contribution is -2.45. The van der Waals surface area contributed by atoms with E-state index in [1.807, 2.05) is 61.7 Å². The summed E-state index contributed by atoms with van der Waals surface area (Å²) in [6.45, 7) is 3.54. The van der Waals surface area contributed by atoms with Crippen LogP contribution in [-0.2, 0) is 27.4 Å². The Hall–Kier alpha value is -3.00. The van der Waals surface area contributed by atoms with Crippen molar-refractivity contribution in [2.45, 2.75) is 32.9 Å². The van der Waals surface area contributed by atoms with Crippen LogP contribution in [-0.4, -0.2) is 28.1 Å². The predicted octanol–water partition coefficient (Wildman–Crippen LogP) is 3.22. The molecule has 0 saturated carbocycles. The molecule has 0 fully saturated rings. The first kappa shape index (κ1) is 19.8. The average Bonchev–Trinajstić information content (AvgIpc) is 3.36. The van der Waals surface area contributed by atoms with Crippen molar-refractivity contribution in [3.05, 3.63) is 59.3 Å². The van der Waals surface area contributed by atoms with Gasteiger partial charge in [-0.05, 0) is 22.9 Å². The number of ether oxygens (including phenoxy) is 1. The Morgan fingerprint density at radius 1 is 1.18 bits per heavy atom. The molecule has 3 rings (SSSR count). The summed E-state index contributed by atoms with van der Waals surface area (Å²) in [6.07, 6.45) is 0.200. The molecular weight excluding hydrogens is 378 g/mol. The maximum Gasteiger partial charge on any atom is 0.329 e. The molecule has 0 unspecified atom stereocenters. The fourth-order valence-electron chi connectivity index (χ4n) is 2.55. The van der Waals surface area contributed by atoms with Gasteiger partial charge in [0.2, 0.25) is 11.7 Å². The molecule has 0 radical (unpaired) electrons. The van der Waals surface area contributed by atoms with E-state index in [0.29, 0.717) is 5.82 Å². The monoisotopic (exact) mass is 399 g/mol. The molecule has 1 amide bonds. The van der Waals surface area contributed by atoms with E-state index in [0.717, 1.165) is 10.4 Å². The number of thiophene rings is 1. The fraction of sp³-hybridized carbons (Fsp3) is 0.300. The minimum absolute atomic E-state index is 0.128. The van der Waals surface area contributed by atoms with Gasteiger partial charge in [0.05, 0.1) is 11.3 Å². The number of benzene rings is 1. The molecule has 1 atom stereocenters. The summed E-state index contributed by atoms with van der Waals surface area (Å²) in [7, 11) is 0. The summed E-state index contributed by atoms with van der Waals surface area (Å²) in [5, 5.41) is 8.54. The maximum absolute atomic E-state index is 12.5. The number of esters is 1. The zero-order valence-corrected chi connectivity index (χ0v) is 16.4. The van der Waals surface area contributed by atoms with E-state index in [1.54, 1.807) is 0 Å². The smallest absolute Gasteiger partial charge is 0.329 e. The minimum Gasteiger partial charge on any atom is -0.454 e. The van der Waals surface area contributed by atoms with Crippen LogP contribution in [0.25, 0.3) is 10.7 Å². The second-order valence-corrected chi connectivity index (χ2v) is 7.50. The van der Waals surface area contributed by atoms with Crippen molar-refractivity contribution in [1.82, 2.24) is 15.5 Å². The van der Waals surface area contributed by atoms with Crippen LogP contribution in [0, 0.1) is 5.92 Å². The van der Waals surface area contributed by atoms with Crippen molar-refractivity contribution in [2.75, 3.05) is 0 Å². The molecule has 146 valence electrons. The summed E-state index contributed by atoms with van der Waals surface area (Å²) < 4.78 is 10.4. The van der Waals surface area contributed by atoms with E-state index in [-0.39, 0.29) is 30.7 Å². The zero-order valence-electron chi connectivity index (χ0n) is 15.6. The lowest BCUT2D eigenvalue weighted by molar-refractivity contribution is -0.151. The molecule has 2 aromatic heterocycles. The predicted molar refractivity (Wildman–Crippen MR) is 104 cm³/mol. The van der Waals surface area contributed by atoms with E-state index >= 15 is 0 Å². The van der Waals surface area contributed by atoms with Crippen molar-refractivity contribution >= 4 is 23.2 Å². The van der Waals surface area contributed by atoms with E-state index in [1.165, 1.54) is 11.3 Å². The van der Waals surface area contributed by atoms with Gasteiger partial charge in [0.25, 0.3) is 5.89 Å². The second kappa shape index (κ2) is 9.27. The van der Waals surface area contributed by atoms with Crippen molar-refractivity contribution in [2.24, 2.45) is 5.92 Å². The number of amides is 1. The topological polar surface area (TPSA) is 94.3 Å². The van der Waals surface area contributed by atoms with Crippen LogP contribution in [0.4, 0.5) is 0 Å². The SMILES string of the molecule is CC(C)[C@@H](NC(=O)Cc1ccccc1)C(=O)OCc1nc(-c2cccs2)no1. The molecule has 1 N–H and O–H groups in total. The second-order valence-electron chi connectivity index (χ2n) is 6.55. The molecule has 7 nitrogen and oxygen atoms in total. The largest absolute Gasteiger partial charge is 0.454 e. The Morgan fingerprint density at radius 2 is 1.96 bits per heavy atom. The van der Waals surface area contributed by atoms with Crippen molar-refractivity contribution < 1.29 is 18.8 Å². The number of aromatic nitrogens is 2. The first-order valence-electron chi connectivity index (χ1n) is 8.89. The van der Waals surface area contributed by atoms with Gasteiger partial charge in [-0.3, -0.25) is 4.79 Å². The van der Waals surface area contributed by atoms with E-state index in [9.17, 15) is 9.59 Å². The number of hydrogen-bond donors (Lipinski definition) is 1. The molecule has 0 saturated heterocycles. The molecular formula is C20H21N3O4S. The van der Waals surface area contributed by atoms with Gasteiger partial charge in [-0.2, -0.15) is 4.98 Å². The normalized spacial score (nSPS) is 12.0. The van der Waals surface area contributed by atoms with Gasteiger partial charge >= 0.3 is 5.97 Å². The molecule has 0 bridgehead atoms. The van der Waals surface area contributed by atoms with Crippen molar-refractivity contribution in [3.8, 4) is 10.7 Å². The van der Waals surface area contributed by atoms with Crippen LogP contribution in [0.2, 0.25) is 0 Å².